The molecule has 2 N–H and O–H groups in total. The molecule has 0 radical (unpaired) electrons. The second kappa shape index (κ2) is 4.79. The number of hydrogen-bond acceptors (Lipinski definition) is 5. The van der Waals surface area contributed by atoms with Crippen molar-refractivity contribution < 1.29 is 9.90 Å². The molecule has 0 aliphatic carbocycles. The van der Waals surface area contributed by atoms with Crippen LogP contribution in [-0.2, 0) is 0 Å². The summed E-state index contributed by atoms with van der Waals surface area (Å²) in [6.07, 6.45) is 0. The van der Waals surface area contributed by atoms with E-state index in [1.54, 1.807) is 13.8 Å². The van der Waals surface area contributed by atoms with Gasteiger partial charge in [0.05, 0.1) is 11.4 Å². The van der Waals surface area contributed by atoms with E-state index in [0.717, 1.165) is 5.69 Å². The number of rotatable bonds is 2. The van der Waals surface area contributed by atoms with Crippen molar-refractivity contribution in [3.05, 3.63) is 41.2 Å². The van der Waals surface area contributed by atoms with Crippen LogP contribution in [0.5, 0.6) is 5.75 Å². The fourth-order valence-corrected chi connectivity index (χ4v) is 1.30. The van der Waals surface area contributed by atoms with E-state index in [1.165, 1.54) is 24.3 Å². The van der Waals surface area contributed by atoms with E-state index in [1.807, 2.05) is 0 Å². The van der Waals surface area contributed by atoms with E-state index in [4.69, 9.17) is 5.11 Å². The number of nitrogens with one attached hydrogen (secondary N) is 1. The number of hydrogen-bond donors (Lipinski definition) is 2. The quantitative estimate of drug-likeness (QED) is 0.834. The van der Waals surface area contributed by atoms with Gasteiger partial charge in [-0.25, -0.2) is 4.98 Å². The molecule has 0 saturated heterocycles. The Kier molecular flexibility index (Phi) is 3.18. The van der Waals surface area contributed by atoms with Gasteiger partial charge in [-0.2, -0.15) is 5.10 Å². The largest absolute Gasteiger partial charge is 0.508 e. The van der Waals surface area contributed by atoms with Crippen LogP contribution in [0.3, 0.4) is 0 Å². The van der Waals surface area contributed by atoms with Crippen LogP contribution < -0.4 is 5.32 Å². The van der Waals surface area contributed by atoms with Gasteiger partial charge in [-0.15, -0.1) is 5.10 Å². The Bertz CT molecular complexity index is 581. The highest BCUT2D eigenvalue weighted by Gasteiger charge is 2.08. The van der Waals surface area contributed by atoms with Crippen LogP contribution in [0.15, 0.2) is 24.3 Å². The Morgan fingerprint density at radius 1 is 1.11 bits per heavy atom. The summed E-state index contributed by atoms with van der Waals surface area (Å²) >= 11 is 0. The van der Waals surface area contributed by atoms with Gasteiger partial charge in [-0.05, 0) is 38.1 Å². The average molecular weight is 244 g/mol. The normalized spacial score (nSPS) is 10.1. The molecule has 1 heterocycles. The minimum Gasteiger partial charge on any atom is -0.508 e. The molecule has 0 spiro atoms. The lowest BCUT2D eigenvalue weighted by Crippen LogP contribution is -2.15. The van der Waals surface area contributed by atoms with Gasteiger partial charge in [0.15, 0.2) is 0 Å². The van der Waals surface area contributed by atoms with Gasteiger partial charge in [0, 0.05) is 5.56 Å². The highest BCUT2D eigenvalue weighted by molar-refractivity contribution is 6.03. The molecular formula is C12H12N4O2. The molecule has 6 heteroatoms. The summed E-state index contributed by atoms with van der Waals surface area (Å²) in [5, 5.41) is 19.3. The number of carbonyl (C=O) groups excluding carboxylic acids is 1. The third-order valence-corrected chi connectivity index (χ3v) is 2.45. The Balaban J connectivity index is 2.16. The first-order valence-corrected chi connectivity index (χ1v) is 5.34. The Labute approximate surface area is 104 Å². The smallest absolute Gasteiger partial charge is 0.258 e. The number of phenols is 1. The molecule has 0 aliphatic rings. The lowest BCUT2D eigenvalue weighted by molar-refractivity contribution is 0.102. The average Bonchev–Trinajstić information content (AvgIpc) is 2.34. The fourth-order valence-electron chi connectivity index (χ4n) is 1.30. The van der Waals surface area contributed by atoms with Gasteiger partial charge < -0.3 is 5.11 Å². The van der Waals surface area contributed by atoms with E-state index in [2.05, 4.69) is 20.5 Å². The molecular weight excluding hydrogens is 232 g/mol. The van der Waals surface area contributed by atoms with Crippen molar-refractivity contribution in [2.24, 2.45) is 0 Å². The van der Waals surface area contributed by atoms with E-state index in [9.17, 15) is 4.79 Å². The van der Waals surface area contributed by atoms with E-state index in [-0.39, 0.29) is 17.6 Å². The molecule has 0 atom stereocenters. The van der Waals surface area contributed by atoms with Crippen molar-refractivity contribution in [1.82, 2.24) is 15.2 Å². The van der Waals surface area contributed by atoms with Crippen molar-refractivity contribution in [2.45, 2.75) is 13.8 Å². The van der Waals surface area contributed by atoms with Crippen LogP contribution in [0.1, 0.15) is 21.7 Å². The zero-order chi connectivity index (χ0) is 13.1. The molecule has 0 bridgehead atoms. The third kappa shape index (κ3) is 2.60. The van der Waals surface area contributed by atoms with Gasteiger partial charge in [0.2, 0.25) is 5.95 Å². The van der Waals surface area contributed by atoms with Crippen molar-refractivity contribution in [3.8, 4) is 5.75 Å². The maximum absolute atomic E-state index is 11.8. The highest BCUT2D eigenvalue weighted by Crippen LogP contribution is 2.11. The Morgan fingerprint density at radius 2 is 1.78 bits per heavy atom. The fraction of sp³-hybridized carbons (Fsp3) is 0.167. The molecule has 1 aromatic heterocycles. The van der Waals surface area contributed by atoms with Gasteiger partial charge in [-0.3, -0.25) is 10.1 Å². The maximum atomic E-state index is 11.8. The van der Waals surface area contributed by atoms with Gasteiger partial charge in [-0.1, -0.05) is 0 Å². The molecule has 0 saturated carbocycles. The first-order chi connectivity index (χ1) is 8.56. The minimum atomic E-state index is -0.347. The number of carbonyl (C=O) groups is 1. The summed E-state index contributed by atoms with van der Waals surface area (Å²) in [5.74, 6) is -0.0770. The summed E-state index contributed by atoms with van der Waals surface area (Å²) in [7, 11) is 0. The van der Waals surface area contributed by atoms with Crippen LogP contribution in [0.4, 0.5) is 5.95 Å². The summed E-state index contributed by atoms with van der Waals surface area (Å²) in [5.41, 5.74) is 1.85. The lowest BCUT2D eigenvalue weighted by Gasteiger charge is -2.04. The molecule has 1 aromatic carbocycles. The highest BCUT2D eigenvalue weighted by atomic mass is 16.3. The van der Waals surface area contributed by atoms with Crippen molar-refractivity contribution in [3.63, 3.8) is 0 Å². The summed E-state index contributed by atoms with van der Waals surface area (Å²) in [4.78, 5) is 15.9. The predicted octanol–water partition coefficient (Wildman–Crippen LogP) is 1.45. The number of aryl methyl sites for hydroxylation is 2. The van der Waals surface area contributed by atoms with Gasteiger partial charge in [0.25, 0.3) is 5.91 Å². The van der Waals surface area contributed by atoms with Gasteiger partial charge >= 0.3 is 0 Å². The first kappa shape index (κ1) is 12.0. The molecule has 2 aromatic rings. The Hall–Kier alpha value is -2.50. The number of anilines is 1. The van der Waals surface area contributed by atoms with Crippen LogP contribution >= 0.6 is 0 Å². The SMILES string of the molecule is Cc1nnc(NC(=O)c2ccc(O)cc2)nc1C. The standard InChI is InChI=1S/C12H12N4O2/c1-7-8(2)15-16-12(13-7)14-11(18)9-3-5-10(17)6-4-9/h3-6,17H,1-2H3,(H,13,14,16,18). The molecule has 92 valence electrons. The number of aromatic hydroxyl groups is 1. The third-order valence-electron chi connectivity index (χ3n) is 2.45. The Morgan fingerprint density at radius 3 is 2.39 bits per heavy atom. The monoisotopic (exact) mass is 244 g/mol. The second-order valence-corrected chi connectivity index (χ2v) is 3.81. The lowest BCUT2D eigenvalue weighted by atomic mass is 10.2. The second-order valence-electron chi connectivity index (χ2n) is 3.81. The van der Waals surface area contributed by atoms with Crippen LogP contribution in [0, 0.1) is 13.8 Å². The molecule has 18 heavy (non-hydrogen) atoms. The van der Waals surface area contributed by atoms with Gasteiger partial charge in [0.1, 0.15) is 5.75 Å². The van der Waals surface area contributed by atoms with E-state index < -0.39 is 0 Å². The zero-order valence-corrected chi connectivity index (χ0v) is 10.0. The zero-order valence-electron chi connectivity index (χ0n) is 10.0. The molecule has 0 unspecified atom stereocenters. The summed E-state index contributed by atoms with van der Waals surface area (Å²) < 4.78 is 0. The molecule has 0 aliphatic heterocycles. The van der Waals surface area contributed by atoms with Crippen LogP contribution in [-0.4, -0.2) is 26.2 Å². The number of nitrogens with zero attached hydrogens (tertiary/aromatic N) is 3. The van der Waals surface area contributed by atoms with Crippen molar-refractivity contribution in [1.29, 1.82) is 0 Å². The predicted molar refractivity (Wildman–Crippen MR) is 65.4 cm³/mol. The number of phenolic OH excluding ortho intramolecular Hbond substituents is 1. The minimum absolute atomic E-state index is 0.107. The first-order valence-electron chi connectivity index (χ1n) is 5.34. The van der Waals surface area contributed by atoms with E-state index >= 15 is 0 Å². The number of aromatic nitrogens is 3. The summed E-state index contributed by atoms with van der Waals surface area (Å²) in [6.45, 7) is 3.58. The molecule has 2 rings (SSSR count). The molecule has 0 fully saturated rings. The molecule has 1 amide bonds. The van der Waals surface area contributed by atoms with E-state index in [0.29, 0.717) is 11.3 Å². The van der Waals surface area contributed by atoms with Crippen LogP contribution in [0.25, 0.3) is 0 Å². The maximum Gasteiger partial charge on any atom is 0.258 e. The molecule has 6 nitrogen and oxygen atoms in total. The topological polar surface area (TPSA) is 88.0 Å². The van der Waals surface area contributed by atoms with Crippen molar-refractivity contribution >= 4 is 11.9 Å². The van der Waals surface area contributed by atoms with Crippen molar-refractivity contribution in [2.75, 3.05) is 5.32 Å². The number of amides is 1. The summed E-state index contributed by atoms with van der Waals surface area (Å²) in [6, 6.07) is 5.90. The number of benzene rings is 1. The van der Waals surface area contributed by atoms with Crippen LogP contribution in [0.2, 0.25) is 0 Å².